The molecule has 3 aromatic rings. The first-order valence-corrected chi connectivity index (χ1v) is 12.6. The lowest BCUT2D eigenvalue weighted by molar-refractivity contribution is 0.482. The number of sulfonamides is 1. The lowest BCUT2D eigenvalue weighted by Crippen LogP contribution is -2.25. The molecule has 0 spiro atoms. The van der Waals surface area contributed by atoms with Crippen molar-refractivity contribution in [3.8, 4) is 11.5 Å². The molecule has 1 aliphatic rings. The summed E-state index contributed by atoms with van der Waals surface area (Å²) in [6, 6.07) is 19.7. The third kappa shape index (κ3) is 5.60. The number of ether oxygens (including phenoxy) is 1. The van der Waals surface area contributed by atoms with Crippen molar-refractivity contribution in [3.05, 3.63) is 81.8 Å². The maximum Gasteiger partial charge on any atom is 0.240 e. The molecule has 0 fully saturated rings. The van der Waals surface area contributed by atoms with Crippen LogP contribution in [0, 0.1) is 0 Å². The van der Waals surface area contributed by atoms with Gasteiger partial charge in [0.15, 0.2) is 0 Å². The van der Waals surface area contributed by atoms with Gasteiger partial charge in [-0.2, -0.15) is 0 Å². The minimum absolute atomic E-state index is 0.216. The summed E-state index contributed by atoms with van der Waals surface area (Å²) in [6.45, 7) is 1.23. The Morgan fingerprint density at radius 1 is 1.06 bits per heavy atom. The topological polar surface area (TPSA) is 67.4 Å². The van der Waals surface area contributed by atoms with E-state index in [1.807, 2.05) is 42.5 Å². The molecule has 0 saturated carbocycles. The number of anilines is 1. The summed E-state index contributed by atoms with van der Waals surface area (Å²) in [5, 5.41) is 4.10. The molecule has 162 valence electrons. The number of nitrogens with one attached hydrogen (secondary N) is 2. The Morgan fingerprint density at radius 3 is 2.65 bits per heavy atom. The standard InChI is InChI=1S/C23H22BrClN2O3S/c24-17-4-1-5-20(13-17)30-19-7-9-21(10-8-19)31(28,29)27-12-2-3-16-15-26-23-11-6-18(25)14-22(16)23/h1,4-11,13-14,16,26-27H,2-3,12,15H2. The molecule has 4 rings (SSSR count). The Kier molecular flexibility index (Phi) is 6.86. The van der Waals surface area contributed by atoms with E-state index in [0.717, 1.165) is 34.6 Å². The Morgan fingerprint density at radius 2 is 1.87 bits per heavy atom. The first-order valence-electron chi connectivity index (χ1n) is 9.97. The van der Waals surface area contributed by atoms with Gasteiger partial charge in [-0.25, -0.2) is 13.1 Å². The van der Waals surface area contributed by atoms with Gasteiger partial charge in [-0.3, -0.25) is 0 Å². The quantitative estimate of drug-likeness (QED) is 0.348. The first kappa shape index (κ1) is 22.1. The molecule has 1 unspecified atom stereocenters. The Bertz CT molecular complexity index is 1170. The minimum atomic E-state index is -3.57. The molecule has 0 saturated heterocycles. The Balaban J connectivity index is 1.30. The van der Waals surface area contributed by atoms with Crippen LogP contribution >= 0.6 is 27.5 Å². The smallest absolute Gasteiger partial charge is 0.240 e. The van der Waals surface area contributed by atoms with Crippen molar-refractivity contribution in [1.82, 2.24) is 4.72 Å². The summed E-state index contributed by atoms with van der Waals surface area (Å²) < 4.78 is 34.6. The van der Waals surface area contributed by atoms with Gasteiger partial charge in [-0.15, -0.1) is 0 Å². The molecule has 0 radical (unpaired) electrons. The minimum Gasteiger partial charge on any atom is -0.457 e. The molecule has 1 heterocycles. The molecule has 3 aromatic carbocycles. The molecule has 2 N–H and O–H groups in total. The van der Waals surface area contributed by atoms with Gasteiger partial charge in [0.25, 0.3) is 0 Å². The second kappa shape index (κ2) is 9.61. The Labute approximate surface area is 196 Å². The zero-order valence-electron chi connectivity index (χ0n) is 16.6. The highest BCUT2D eigenvalue weighted by Crippen LogP contribution is 2.36. The normalized spacial score (nSPS) is 15.4. The van der Waals surface area contributed by atoms with Crippen LogP contribution in [0.5, 0.6) is 11.5 Å². The van der Waals surface area contributed by atoms with Crippen LogP contribution in [0.15, 0.2) is 76.1 Å². The monoisotopic (exact) mass is 520 g/mol. The van der Waals surface area contributed by atoms with Crippen LogP contribution in [0.4, 0.5) is 5.69 Å². The number of rotatable bonds is 8. The molecular weight excluding hydrogens is 500 g/mol. The second-order valence-electron chi connectivity index (χ2n) is 7.38. The van der Waals surface area contributed by atoms with Gasteiger partial charge in [0.1, 0.15) is 11.5 Å². The molecular formula is C23H22BrClN2O3S. The fourth-order valence-corrected chi connectivity index (χ4v) is 5.26. The molecule has 5 nitrogen and oxygen atoms in total. The number of fused-ring (bicyclic) bond motifs is 1. The third-order valence-electron chi connectivity index (χ3n) is 5.18. The van der Waals surface area contributed by atoms with E-state index in [1.165, 1.54) is 5.56 Å². The van der Waals surface area contributed by atoms with E-state index in [9.17, 15) is 8.42 Å². The van der Waals surface area contributed by atoms with Crippen molar-refractivity contribution in [3.63, 3.8) is 0 Å². The lowest BCUT2D eigenvalue weighted by Gasteiger charge is -2.12. The van der Waals surface area contributed by atoms with Crippen LogP contribution in [0.3, 0.4) is 0 Å². The SMILES string of the molecule is O=S(=O)(NCCCC1CNc2ccc(Cl)cc21)c1ccc(Oc2cccc(Br)c2)cc1. The van der Waals surface area contributed by atoms with Gasteiger partial charge in [0.05, 0.1) is 4.90 Å². The Hall–Kier alpha value is -2.06. The van der Waals surface area contributed by atoms with E-state index in [1.54, 1.807) is 24.3 Å². The zero-order valence-corrected chi connectivity index (χ0v) is 19.8. The third-order valence-corrected chi connectivity index (χ3v) is 7.38. The fourth-order valence-electron chi connectivity index (χ4n) is 3.62. The first-order chi connectivity index (χ1) is 14.9. The highest BCUT2D eigenvalue weighted by atomic mass is 79.9. The van der Waals surface area contributed by atoms with Gasteiger partial charge in [0, 0.05) is 34.2 Å². The van der Waals surface area contributed by atoms with E-state index >= 15 is 0 Å². The average Bonchev–Trinajstić information content (AvgIpc) is 3.14. The number of benzene rings is 3. The number of hydrogen-bond acceptors (Lipinski definition) is 4. The van der Waals surface area contributed by atoms with Crippen LogP contribution in [0.1, 0.15) is 24.3 Å². The lowest BCUT2D eigenvalue weighted by atomic mass is 9.96. The summed E-state index contributed by atoms with van der Waals surface area (Å²) in [7, 11) is -3.57. The fraction of sp³-hybridized carbons (Fsp3) is 0.217. The van der Waals surface area contributed by atoms with E-state index in [-0.39, 0.29) is 4.90 Å². The van der Waals surface area contributed by atoms with E-state index in [4.69, 9.17) is 16.3 Å². The average molecular weight is 522 g/mol. The van der Waals surface area contributed by atoms with E-state index < -0.39 is 10.0 Å². The maximum absolute atomic E-state index is 12.6. The highest BCUT2D eigenvalue weighted by molar-refractivity contribution is 9.10. The molecule has 0 bridgehead atoms. The van der Waals surface area contributed by atoms with Crippen LogP contribution in [-0.2, 0) is 10.0 Å². The predicted molar refractivity (Wildman–Crippen MR) is 128 cm³/mol. The molecule has 1 aliphatic heterocycles. The summed E-state index contributed by atoms with van der Waals surface area (Å²) in [5.74, 6) is 1.59. The largest absolute Gasteiger partial charge is 0.457 e. The number of halogens is 2. The molecule has 8 heteroatoms. The van der Waals surface area contributed by atoms with Gasteiger partial charge in [-0.05, 0) is 79.1 Å². The predicted octanol–water partition coefficient (Wildman–Crippen LogP) is 6.16. The van der Waals surface area contributed by atoms with E-state index in [0.29, 0.717) is 24.0 Å². The van der Waals surface area contributed by atoms with Gasteiger partial charge in [-0.1, -0.05) is 33.6 Å². The summed E-state index contributed by atoms with van der Waals surface area (Å²) in [5.41, 5.74) is 2.32. The maximum atomic E-state index is 12.6. The van der Waals surface area contributed by atoms with Gasteiger partial charge >= 0.3 is 0 Å². The summed E-state index contributed by atoms with van der Waals surface area (Å²) in [4.78, 5) is 0.216. The van der Waals surface area contributed by atoms with Crippen LogP contribution < -0.4 is 14.8 Å². The van der Waals surface area contributed by atoms with E-state index in [2.05, 4.69) is 26.0 Å². The van der Waals surface area contributed by atoms with Crippen LogP contribution in [-0.4, -0.2) is 21.5 Å². The molecule has 31 heavy (non-hydrogen) atoms. The summed E-state index contributed by atoms with van der Waals surface area (Å²) >= 11 is 9.51. The summed E-state index contributed by atoms with van der Waals surface area (Å²) in [6.07, 6.45) is 1.61. The highest BCUT2D eigenvalue weighted by Gasteiger charge is 2.22. The molecule has 1 atom stereocenters. The second-order valence-corrected chi connectivity index (χ2v) is 10.5. The van der Waals surface area contributed by atoms with Crippen molar-refractivity contribution in [2.45, 2.75) is 23.7 Å². The van der Waals surface area contributed by atoms with Crippen molar-refractivity contribution < 1.29 is 13.2 Å². The van der Waals surface area contributed by atoms with Gasteiger partial charge < -0.3 is 10.1 Å². The van der Waals surface area contributed by atoms with Crippen molar-refractivity contribution in [2.24, 2.45) is 0 Å². The van der Waals surface area contributed by atoms with Crippen LogP contribution in [0.2, 0.25) is 5.02 Å². The molecule has 0 aromatic heterocycles. The van der Waals surface area contributed by atoms with Crippen molar-refractivity contribution in [2.75, 3.05) is 18.4 Å². The molecule has 0 amide bonds. The van der Waals surface area contributed by atoms with Crippen molar-refractivity contribution >= 4 is 43.2 Å². The van der Waals surface area contributed by atoms with Gasteiger partial charge in [0.2, 0.25) is 10.0 Å². The van der Waals surface area contributed by atoms with Crippen molar-refractivity contribution in [1.29, 1.82) is 0 Å². The zero-order chi connectivity index (χ0) is 21.8. The van der Waals surface area contributed by atoms with Crippen LogP contribution in [0.25, 0.3) is 0 Å². The molecule has 0 aliphatic carbocycles. The number of hydrogen-bond donors (Lipinski definition) is 2.